The van der Waals surface area contributed by atoms with Gasteiger partial charge in [0.15, 0.2) is 11.5 Å². The predicted octanol–water partition coefficient (Wildman–Crippen LogP) is 6.02. The van der Waals surface area contributed by atoms with Crippen LogP contribution in [-0.2, 0) is 0 Å². The molecule has 1 unspecified atom stereocenters. The van der Waals surface area contributed by atoms with Crippen molar-refractivity contribution >= 4 is 17.5 Å². The summed E-state index contributed by atoms with van der Waals surface area (Å²) in [5.74, 6) is 1.38. The third kappa shape index (κ3) is 3.86. The highest BCUT2D eigenvalue weighted by atomic mass is 35.5. The summed E-state index contributed by atoms with van der Waals surface area (Å²) in [6.45, 7) is 2.50. The molecule has 2 aromatic carbocycles. The number of amides is 1. The first-order valence-corrected chi connectivity index (χ1v) is 12.0. The largest absolute Gasteiger partial charge is 0.493 e. The number of hydrogen-bond donors (Lipinski definition) is 1. The van der Waals surface area contributed by atoms with Crippen LogP contribution in [0.5, 0.6) is 11.5 Å². The number of rotatable bonds is 6. The number of hydrogen-bond acceptors (Lipinski definition) is 4. The monoisotopic (exact) mass is 465 g/mol. The van der Waals surface area contributed by atoms with Crippen LogP contribution < -0.4 is 9.47 Å². The molecule has 33 heavy (non-hydrogen) atoms. The molecule has 1 amide bonds. The lowest BCUT2D eigenvalue weighted by Crippen LogP contribution is -2.40. The second-order valence-electron chi connectivity index (χ2n) is 8.62. The van der Waals surface area contributed by atoms with E-state index in [-0.39, 0.29) is 18.0 Å². The molecular weight excluding hydrogens is 438 g/mol. The molecule has 0 radical (unpaired) electrons. The Kier molecular flexibility index (Phi) is 6.02. The molecule has 0 spiro atoms. The van der Waals surface area contributed by atoms with Gasteiger partial charge >= 0.3 is 0 Å². The number of H-pyrrole nitrogens is 1. The van der Waals surface area contributed by atoms with Crippen molar-refractivity contribution in [2.75, 3.05) is 13.7 Å². The van der Waals surface area contributed by atoms with Crippen molar-refractivity contribution in [1.29, 1.82) is 0 Å². The maximum Gasteiger partial charge on any atom is 0.273 e. The number of fused-ring (bicyclic) bond motifs is 1. The van der Waals surface area contributed by atoms with Crippen molar-refractivity contribution in [3.05, 3.63) is 64.3 Å². The summed E-state index contributed by atoms with van der Waals surface area (Å²) in [6, 6.07) is 13.5. The summed E-state index contributed by atoms with van der Waals surface area (Å²) >= 11 is 6.12. The lowest BCUT2D eigenvalue weighted by Gasteiger charge is -2.36. The molecule has 1 aliphatic carbocycles. The number of aromatic amines is 1. The second-order valence-corrected chi connectivity index (χ2v) is 9.05. The maximum absolute atomic E-state index is 13.7. The van der Waals surface area contributed by atoms with Crippen LogP contribution in [0.4, 0.5) is 0 Å². The minimum atomic E-state index is -0.246. The van der Waals surface area contributed by atoms with Crippen molar-refractivity contribution in [1.82, 2.24) is 15.1 Å². The summed E-state index contributed by atoms with van der Waals surface area (Å²) < 4.78 is 11.4. The third-order valence-electron chi connectivity index (χ3n) is 6.69. The van der Waals surface area contributed by atoms with Crippen LogP contribution >= 0.6 is 11.6 Å². The van der Waals surface area contributed by atoms with Gasteiger partial charge in [-0.05, 0) is 49.6 Å². The lowest BCUT2D eigenvalue weighted by molar-refractivity contribution is 0.0606. The Bertz CT molecular complexity index is 1150. The Balaban J connectivity index is 1.65. The number of methoxy groups -OCH3 is 1. The summed E-state index contributed by atoms with van der Waals surface area (Å²) in [6.07, 6.45) is 5.55. The first-order valence-electron chi connectivity index (χ1n) is 11.6. The van der Waals surface area contributed by atoms with Crippen molar-refractivity contribution in [2.45, 2.75) is 51.1 Å². The molecule has 0 bridgehead atoms. The van der Waals surface area contributed by atoms with Crippen molar-refractivity contribution in [3.8, 4) is 22.8 Å². The predicted molar refractivity (Wildman–Crippen MR) is 128 cm³/mol. The number of nitrogens with one attached hydrogen (secondary N) is 1. The Hall–Kier alpha value is -2.99. The number of carbonyl (C=O) groups is 1. The quantitative estimate of drug-likeness (QED) is 0.483. The molecule has 1 fully saturated rings. The van der Waals surface area contributed by atoms with Crippen LogP contribution in [0.1, 0.15) is 66.7 Å². The smallest absolute Gasteiger partial charge is 0.273 e. The lowest BCUT2D eigenvalue weighted by atomic mass is 9.91. The minimum absolute atomic E-state index is 0.0162. The van der Waals surface area contributed by atoms with E-state index in [9.17, 15) is 4.79 Å². The van der Waals surface area contributed by atoms with Crippen LogP contribution in [-0.4, -0.2) is 40.8 Å². The molecular formula is C26H28ClN3O3. The van der Waals surface area contributed by atoms with E-state index in [0.717, 1.165) is 48.1 Å². The van der Waals surface area contributed by atoms with Gasteiger partial charge in [0.25, 0.3) is 5.91 Å². The first kappa shape index (κ1) is 21.8. The van der Waals surface area contributed by atoms with E-state index >= 15 is 0 Å². The molecule has 6 nitrogen and oxygen atoms in total. The topological polar surface area (TPSA) is 67.5 Å². The summed E-state index contributed by atoms with van der Waals surface area (Å²) in [5, 5.41) is 8.27. The summed E-state index contributed by atoms with van der Waals surface area (Å²) in [7, 11) is 1.64. The Morgan fingerprint density at radius 2 is 1.85 bits per heavy atom. The van der Waals surface area contributed by atoms with Crippen LogP contribution in [0, 0.1) is 0 Å². The molecule has 1 aliphatic heterocycles. The second kappa shape index (κ2) is 9.10. The number of nitrogens with zero attached hydrogens (tertiary/aromatic N) is 2. The fourth-order valence-corrected chi connectivity index (χ4v) is 5.31. The summed E-state index contributed by atoms with van der Waals surface area (Å²) in [5.41, 5.74) is 4.19. The number of carbonyl (C=O) groups excluding carboxylic acids is 1. The molecule has 5 rings (SSSR count). The van der Waals surface area contributed by atoms with E-state index in [4.69, 9.17) is 21.1 Å². The highest BCUT2D eigenvalue weighted by molar-refractivity contribution is 6.30. The Labute approximate surface area is 198 Å². The van der Waals surface area contributed by atoms with Gasteiger partial charge in [-0.2, -0.15) is 5.10 Å². The zero-order valence-corrected chi connectivity index (χ0v) is 19.7. The zero-order valence-electron chi connectivity index (χ0n) is 18.9. The normalized spacial score (nSPS) is 18.5. The van der Waals surface area contributed by atoms with Crippen molar-refractivity contribution in [3.63, 3.8) is 0 Å². The maximum atomic E-state index is 13.7. The zero-order chi connectivity index (χ0) is 22.9. The molecule has 1 aromatic heterocycles. The average molecular weight is 466 g/mol. The van der Waals surface area contributed by atoms with Crippen molar-refractivity contribution < 1.29 is 14.3 Å². The van der Waals surface area contributed by atoms with E-state index in [1.54, 1.807) is 7.11 Å². The third-order valence-corrected chi connectivity index (χ3v) is 6.94. The van der Waals surface area contributed by atoms with E-state index in [2.05, 4.69) is 15.1 Å². The molecule has 172 valence electrons. The number of aromatic nitrogens is 2. The molecule has 1 saturated carbocycles. The van der Waals surface area contributed by atoms with Gasteiger partial charge in [0.05, 0.1) is 25.5 Å². The van der Waals surface area contributed by atoms with Gasteiger partial charge in [0, 0.05) is 22.2 Å². The molecule has 7 heteroatoms. The van der Waals surface area contributed by atoms with Crippen LogP contribution in [0.25, 0.3) is 11.3 Å². The van der Waals surface area contributed by atoms with Gasteiger partial charge in [-0.3, -0.25) is 9.89 Å². The Morgan fingerprint density at radius 1 is 1.09 bits per heavy atom. The van der Waals surface area contributed by atoms with Crippen molar-refractivity contribution in [2.24, 2.45) is 0 Å². The number of benzene rings is 2. The molecule has 1 N–H and O–H groups in total. The highest BCUT2D eigenvalue weighted by Crippen LogP contribution is 2.47. The van der Waals surface area contributed by atoms with Gasteiger partial charge in [-0.15, -0.1) is 0 Å². The SMILES string of the molecule is CCOc1ccc(C2c3c(-c4ccc(Cl)cc4)n[nH]c3C(=O)N2C2CCCCC2)cc1OC. The van der Waals surface area contributed by atoms with Crippen LogP contribution in [0.15, 0.2) is 42.5 Å². The fraction of sp³-hybridized carbons (Fsp3) is 0.385. The Morgan fingerprint density at radius 3 is 2.55 bits per heavy atom. The van der Waals surface area contributed by atoms with E-state index in [1.807, 2.05) is 49.4 Å². The minimum Gasteiger partial charge on any atom is -0.493 e. The molecule has 2 heterocycles. The van der Waals surface area contributed by atoms with Gasteiger partial charge in [0.2, 0.25) is 0 Å². The van der Waals surface area contributed by atoms with E-state index in [1.165, 1.54) is 6.42 Å². The molecule has 2 aliphatic rings. The number of halogens is 1. The van der Waals surface area contributed by atoms with E-state index in [0.29, 0.717) is 28.8 Å². The number of ether oxygens (including phenoxy) is 2. The molecule has 3 aromatic rings. The van der Waals surface area contributed by atoms with Gasteiger partial charge in [0.1, 0.15) is 5.69 Å². The summed E-state index contributed by atoms with van der Waals surface area (Å²) in [4.78, 5) is 15.7. The van der Waals surface area contributed by atoms with Gasteiger partial charge in [-0.25, -0.2) is 0 Å². The molecule has 0 saturated heterocycles. The van der Waals surface area contributed by atoms with Crippen LogP contribution in [0.2, 0.25) is 5.02 Å². The molecule has 1 atom stereocenters. The highest BCUT2D eigenvalue weighted by Gasteiger charge is 2.45. The standard InChI is InChI=1S/C26H28ClN3O3/c1-3-33-20-14-11-17(15-21(20)32-2)25-22-23(16-9-12-18(27)13-10-16)28-29-24(22)26(31)30(25)19-7-5-4-6-8-19/h9-15,19,25H,3-8H2,1-2H3,(H,28,29). The van der Waals surface area contributed by atoms with Gasteiger partial charge in [-0.1, -0.05) is 49.1 Å². The van der Waals surface area contributed by atoms with E-state index < -0.39 is 0 Å². The first-order chi connectivity index (χ1) is 16.1. The fourth-order valence-electron chi connectivity index (χ4n) is 5.19. The average Bonchev–Trinajstić information content (AvgIpc) is 3.39. The van der Waals surface area contributed by atoms with Gasteiger partial charge < -0.3 is 14.4 Å². The van der Waals surface area contributed by atoms with Crippen LogP contribution in [0.3, 0.4) is 0 Å².